The molecule has 0 aliphatic carbocycles. The Morgan fingerprint density at radius 3 is 2.33 bits per heavy atom. The Balaban J connectivity index is 4.15. The fraction of sp³-hybridized carbons (Fsp3) is 1.00. The van der Waals surface area contributed by atoms with Gasteiger partial charge >= 0.3 is 0 Å². The minimum absolute atomic E-state index is 0.0202. The van der Waals surface area contributed by atoms with Gasteiger partial charge in [-0.25, -0.2) is 13.1 Å². The van der Waals surface area contributed by atoms with Crippen molar-refractivity contribution in [2.45, 2.75) is 46.1 Å². The fourth-order valence-electron chi connectivity index (χ4n) is 1.36. The minimum Gasteiger partial charge on any atom is -0.212 e. The molecular weight excluding hydrogens is 278 g/mol. The number of sulfonamides is 1. The molecule has 0 aromatic carbocycles. The van der Waals surface area contributed by atoms with Gasteiger partial charge in [0.25, 0.3) is 0 Å². The SMILES string of the molecule is CCCCS(=O)(=O)NC(CBr)CC(C)C. The molecule has 0 radical (unpaired) electrons. The molecule has 0 fully saturated rings. The van der Waals surface area contributed by atoms with Crippen molar-refractivity contribution in [3.05, 3.63) is 0 Å². The van der Waals surface area contributed by atoms with Crippen molar-refractivity contribution < 1.29 is 8.42 Å². The summed E-state index contributed by atoms with van der Waals surface area (Å²) < 4.78 is 26.0. The maximum atomic E-state index is 11.6. The zero-order valence-corrected chi connectivity index (χ0v) is 12.2. The highest BCUT2D eigenvalue weighted by Gasteiger charge is 2.17. The lowest BCUT2D eigenvalue weighted by Crippen LogP contribution is -2.38. The molecule has 5 heteroatoms. The smallest absolute Gasteiger partial charge is 0.211 e. The van der Waals surface area contributed by atoms with E-state index < -0.39 is 10.0 Å². The Labute approximate surface area is 102 Å². The third kappa shape index (κ3) is 8.22. The van der Waals surface area contributed by atoms with Crippen molar-refractivity contribution in [1.29, 1.82) is 0 Å². The molecule has 0 saturated carbocycles. The van der Waals surface area contributed by atoms with E-state index in [-0.39, 0.29) is 11.8 Å². The number of hydrogen-bond acceptors (Lipinski definition) is 2. The highest BCUT2D eigenvalue weighted by Crippen LogP contribution is 2.08. The van der Waals surface area contributed by atoms with Gasteiger partial charge in [-0.3, -0.25) is 0 Å². The van der Waals surface area contributed by atoms with Crippen LogP contribution < -0.4 is 4.72 Å². The van der Waals surface area contributed by atoms with Gasteiger partial charge in [-0.2, -0.15) is 0 Å². The van der Waals surface area contributed by atoms with Crippen molar-refractivity contribution >= 4 is 26.0 Å². The highest BCUT2D eigenvalue weighted by molar-refractivity contribution is 9.09. The van der Waals surface area contributed by atoms with Gasteiger partial charge in [-0.05, 0) is 18.8 Å². The van der Waals surface area contributed by atoms with Crippen molar-refractivity contribution in [3.63, 3.8) is 0 Å². The molecule has 0 rings (SSSR count). The van der Waals surface area contributed by atoms with Crippen LogP contribution in [0, 0.1) is 5.92 Å². The van der Waals surface area contributed by atoms with Crippen molar-refractivity contribution in [2.24, 2.45) is 5.92 Å². The first-order chi connectivity index (χ1) is 6.91. The summed E-state index contributed by atoms with van der Waals surface area (Å²) in [6.45, 7) is 6.18. The maximum Gasteiger partial charge on any atom is 0.211 e. The van der Waals surface area contributed by atoms with Crippen LogP contribution >= 0.6 is 15.9 Å². The highest BCUT2D eigenvalue weighted by atomic mass is 79.9. The average Bonchev–Trinajstić information content (AvgIpc) is 2.12. The molecule has 0 aliphatic rings. The van der Waals surface area contributed by atoms with E-state index >= 15 is 0 Å². The first-order valence-corrected chi connectivity index (χ1v) is 8.24. The maximum absolute atomic E-state index is 11.6. The van der Waals surface area contributed by atoms with Crippen LogP contribution in [0.15, 0.2) is 0 Å². The Morgan fingerprint density at radius 1 is 1.33 bits per heavy atom. The third-order valence-corrected chi connectivity index (χ3v) is 4.36. The van der Waals surface area contributed by atoms with E-state index in [9.17, 15) is 8.42 Å². The summed E-state index contributed by atoms with van der Waals surface area (Å²) in [7, 11) is -3.08. The number of halogens is 1. The molecule has 92 valence electrons. The summed E-state index contributed by atoms with van der Waals surface area (Å²) in [5.74, 6) is 0.742. The van der Waals surface area contributed by atoms with Gasteiger partial charge < -0.3 is 0 Å². The topological polar surface area (TPSA) is 46.2 Å². The molecule has 0 amide bonds. The Morgan fingerprint density at radius 2 is 1.93 bits per heavy atom. The lowest BCUT2D eigenvalue weighted by atomic mass is 10.1. The lowest BCUT2D eigenvalue weighted by Gasteiger charge is -2.18. The van der Waals surface area contributed by atoms with Gasteiger partial charge in [0.05, 0.1) is 5.75 Å². The normalized spacial score (nSPS) is 14.5. The molecule has 0 aromatic heterocycles. The summed E-state index contributed by atoms with van der Waals surface area (Å²) in [6, 6.07) is 0.0202. The quantitative estimate of drug-likeness (QED) is 0.700. The Bertz CT molecular complexity index is 252. The van der Waals surface area contributed by atoms with Crippen LogP contribution in [0.1, 0.15) is 40.0 Å². The monoisotopic (exact) mass is 299 g/mol. The molecule has 3 nitrogen and oxygen atoms in total. The molecule has 15 heavy (non-hydrogen) atoms. The van der Waals surface area contributed by atoms with Crippen LogP contribution in [0.4, 0.5) is 0 Å². The van der Waals surface area contributed by atoms with Crippen molar-refractivity contribution in [2.75, 3.05) is 11.1 Å². The van der Waals surface area contributed by atoms with Gasteiger partial charge in [0.1, 0.15) is 0 Å². The van der Waals surface area contributed by atoms with Gasteiger partial charge in [0, 0.05) is 11.4 Å². The molecule has 0 heterocycles. The largest absolute Gasteiger partial charge is 0.212 e. The number of rotatable bonds is 8. The molecule has 1 unspecified atom stereocenters. The van der Waals surface area contributed by atoms with E-state index in [1.807, 2.05) is 6.92 Å². The number of alkyl halides is 1. The molecule has 0 bridgehead atoms. The summed E-state index contributed by atoms with van der Waals surface area (Å²) in [5, 5.41) is 0.677. The second-order valence-corrected chi connectivity index (χ2v) is 6.79. The van der Waals surface area contributed by atoms with E-state index in [0.29, 0.717) is 11.2 Å². The van der Waals surface area contributed by atoms with E-state index in [4.69, 9.17) is 0 Å². The van der Waals surface area contributed by atoms with Crippen LogP contribution in [0.5, 0.6) is 0 Å². The number of hydrogen-bond donors (Lipinski definition) is 1. The standard InChI is InChI=1S/C10H22BrNO2S/c1-4-5-6-15(13,14)12-10(8-11)7-9(2)3/h9-10,12H,4-8H2,1-3H3. The minimum atomic E-state index is -3.08. The predicted molar refractivity (Wildman–Crippen MR) is 68.9 cm³/mol. The summed E-state index contributed by atoms with van der Waals surface area (Å²) in [5.41, 5.74) is 0. The van der Waals surface area contributed by atoms with Crippen LogP contribution in [0.25, 0.3) is 0 Å². The number of nitrogens with one attached hydrogen (secondary N) is 1. The van der Waals surface area contributed by atoms with Crippen LogP contribution in [-0.4, -0.2) is 25.5 Å². The zero-order chi connectivity index (χ0) is 11.9. The van der Waals surface area contributed by atoms with E-state index in [2.05, 4.69) is 34.5 Å². The predicted octanol–water partition coefficient (Wildman–Crippen LogP) is 2.52. The zero-order valence-electron chi connectivity index (χ0n) is 9.79. The van der Waals surface area contributed by atoms with Crippen molar-refractivity contribution in [1.82, 2.24) is 4.72 Å². The molecule has 1 N–H and O–H groups in total. The van der Waals surface area contributed by atoms with Crippen LogP contribution in [-0.2, 0) is 10.0 Å². The van der Waals surface area contributed by atoms with E-state index in [1.165, 1.54) is 0 Å². The van der Waals surface area contributed by atoms with Crippen molar-refractivity contribution in [3.8, 4) is 0 Å². The summed E-state index contributed by atoms with van der Waals surface area (Å²) >= 11 is 3.34. The third-order valence-electron chi connectivity index (χ3n) is 2.06. The molecule has 0 aliphatic heterocycles. The van der Waals surface area contributed by atoms with Crippen LogP contribution in [0.2, 0.25) is 0 Å². The summed E-state index contributed by atoms with van der Waals surface area (Å²) in [6.07, 6.45) is 2.51. The van der Waals surface area contributed by atoms with E-state index in [1.54, 1.807) is 0 Å². The first kappa shape index (κ1) is 15.4. The Hall–Kier alpha value is 0.390. The second-order valence-electron chi connectivity index (χ2n) is 4.27. The fourth-order valence-corrected chi connectivity index (χ4v) is 3.47. The molecular formula is C10H22BrNO2S. The van der Waals surface area contributed by atoms with Gasteiger partial charge in [0.15, 0.2) is 0 Å². The van der Waals surface area contributed by atoms with Gasteiger partial charge in [0.2, 0.25) is 10.0 Å². The Kier molecular flexibility index (Phi) is 7.83. The first-order valence-electron chi connectivity index (χ1n) is 5.47. The molecule has 1 atom stereocenters. The second kappa shape index (κ2) is 7.63. The van der Waals surface area contributed by atoms with Gasteiger partial charge in [-0.15, -0.1) is 0 Å². The molecule has 0 aromatic rings. The molecule has 0 saturated heterocycles. The average molecular weight is 300 g/mol. The summed E-state index contributed by atoms with van der Waals surface area (Å²) in [4.78, 5) is 0. The molecule has 0 spiro atoms. The lowest BCUT2D eigenvalue weighted by molar-refractivity contribution is 0.487. The number of unbranched alkanes of at least 4 members (excludes halogenated alkanes) is 1. The van der Waals surface area contributed by atoms with E-state index in [0.717, 1.165) is 19.3 Å². The van der Waals surface area contributed by atoms with Crippen LogP contribution in [0.3, 0.4) is 0 Å². The van der Waals surface area contributed by atoms with Gasteiger partial charge in [-0.1, -0.05) is 43.1 Å².